The molecule has 0 bridgehead atoms. The minimum Gasteiger partial charge on any atom is -0.493 e. The van der Waals surface area contributed by atoms with Crippen molar-refractivity contribution < 1.29 is 28.8 Å². The van der Waals surface area contributed by atoms with Gasteiger partial charge in [-0.15, -0.1) is 0 Å². The summed E-state index contributed by atoms with van der Waals surface area (Å²) in [6, 6.07) is 7.46. The first-order valence-electron chi connectivity index (χ1n) is 9.79. The van der Waals surface area contributed by atoms with Crippen LogP contribution in [0.2, 0.25) is 0 Å². The van der Waals surface area contributed by atoms with Gasteiger partial charge in [0.15, 0.2) is 11.5 Å². The zero-order valence-corrected chi connectivity index (χ0v) is 17.7. The summed E-state index contributed by atoms with van der Waals surface area (Å²) < 4.78 is 29.2. The quantitative estimate of drug-likeness (QED) is 0.835. The average molecular weight is 400 g/mol. The highest BCUT2D eigenvalue weighted by Gasteiger charge is 2.44. The number of fused-ring (bicyclic) bond motifs is 4. The van der Waals surface area contributed by atoms with Crippen molar-refractivity contribution in [3.05, 3.63) is 41.0 Å². The van der Waals surface area contributed by atoms with E-state index in [1.54, 1.807) is 20.3 Å². The summed E-state index contributed by atoms with van der Waals surface area (Å²) in [5.74, 6) is 3.03. The highest BCUT2D eigenvalue weighted by Crippen LogP contribution is 2.52. The Balaban J connectivity index is 1.76. The summed E-state index contributed by atoms with van der Waals surface area (Å²) in [5.41, 5.74) is 2.17. The molecule has 0 unspecified atom stereocenters. The third-order valence-corrected chi connectivity index (χ3v) is 5.41. The van der Waals surface area contributed by atoms with Crippen LogP contribution in [0.5, 0.6) is 28.7 Å². The Morgan fingerprint density at radius 1 is 1.00 bits per heavy atom. The molecule has 4 rings (SSSR count). The van der Waals surface area contributed by atoms with Gasteiger partial charge in [0.2, 0.25) is 0 Å². The van der Waals surface area contributed by atoms with Crippen molar-refractivity contribution in [2.24, 2.45) is 0 Å². The zero-order chi connectivity index (χ0) is 20.9. The van der Waals surface area contributed by atoms with Crippen LogP contribution in [-0.4, -0.2) is 37.6 Å². The first-order chi connectivity index (χ1) is 13.7. The maximum Gasteiger partial charge on any atom is 0.164 e. The first-order valence-corrected chi connectivity index (χ1v) is 9.79. The summed E-state index contributed by atoms with van der Waals surface area (Å²) in [6.45, 7) is 8.31. The normalized spacial score (nSPS) is 22.4. The van der Waals surface area contributed by atoms with Gasteiger partial charge in [-0.3, -0.25) is 0 Å². The van der Waals surface area contributed by atoms with E-state index in [1.165, 1.54) is 0 Å². The summed E-state index contributed by atoms with van der Waals surface area (Å²) in [6.07, 6.45) is -1.04. The van der Waals surface area contributed by atoms with E-state index in [9.17, 15) is 5.11 Å². The molecule has 0 aliphatic carbocycles. The smallest absolute Gasteiger partial charge is 0.164 e. The lowest BCUT2D eigenvalue weighted by atomic mass is 9.80. The fraction of sp³-hybridized carbons (Fsp3) is 0.478. The van der Waals surface area contributed by atoms with Gasteiger partial charge in [0, 0.05) is 22.8 Å². The SMILES string of the molecule is COc1cc2c(cc1OC)[C@@H]1[C@H](O)c3ccc(OC(C)(C)C)c(C)c3O[C@@H]1CO2. The van der Waals surface area contributed by atoms with Gasteiger partial charge in [0.1, 0.15) is 35.6 Å². The second kappa shape index (κ2) is 7.02. The Kier molecular flexibility index (Phi) is 4.77. The minimum absolute atomic E-state index is 0.264. The monoisotopic (exact) mass is 400 g/mol. The molecular formula is C23H28O6. The molecule has 0 fully saturated rings. The topological polar surface area (TPSA) is 66.4 Å². The van der Waals surface area contributed by atoms with Crippen LogP contribution in [0.3, 0.4) is 0 Å². The van der Waals surface area contributed by atoms with Gasteiger partial charge in [0.25, 0.3) is 0 Å². The van der Waals surface area contributed by atoms with E-state index in [2.05, 4.69) is 0 Å². The van der Waals surface area contributed by atoms with Crippen LogP contribution in [0, 0.1) is 6.92 Å². The zero-order valence-electron chi connectivity index (χ0n) is 17.7. The molecule has 0 saturated carbocycles. The highest BCUT2D eigenvalue weighted by molar-refractivity contribution is 5.57. The van der Waals surface area contributed by atoms with Crippen molar-refractivity contribution in [3.63, 3.8) is 0 Å². The van der Waals surface area contributed by atoms with Crippen LogP contribution in [0.4, 0.5) is 0 Å². The molecule has 29 heavy (non-hydrogen) atoms. The Morgan fingerprint density at radius 2 is 1.69 bits per heavy atom. The molecule has 2 aromatic rings. The second-order valence-corrected chi connectivity index (χ2v) is 8.50. The van der Waals surface area contributed by atoms with Crippen molar-refractivity contribution in [1.29, 1.82) is 0 Å². The van der Waals surface area contributed by atoms with Gasteiger partial charge in [-0.2, -0.15) is 0 Å². The summed E-state index contributed by atoms with van der Waals surface area (Å²) in [4.78, 5) is 0. The minimum atomic E-state index is -0.730. The van der Waals surface area contributed by atoms with Gasteiger partial charge < -0.3 is 28.8 Å². The van der Waals surface area contributed by atoms with E-state index in [-0.39, 0.29) is 17.6 Å². The van der Waals surface area contributed by atoms with Gasteiger partial charge in [0.05, 0.1) is 26.2 Å². The molecular weight excluding hydrogens is 372 g/mol. The van der Waals surface area contributed by atoms with E-state index in [4.69, 9.17) is 23.7 Å². The van der Waals surface area contributed by atoms with Crippen molar-refractivity contribution in [1.82, 2.24) is 0 Å². The van der Waals surface area contributed by atoms with Crippen LogP contribution in [0.15, 0.2) is 24.3 Å². The van der Waals surface area contributed by atoms with E-state index in [1.807, 2.05) is 45.9 Å². The fourth-order valence-electron chi connectivity index (χ4n) is 4.09. The highest BCUT2D eigenvalue weighted by atomic mass is 16.5. The number of methoxy groups -OCH3 is 2. The third kappa shape index (κ3) is 3.35. The largest absolute Gasteiger partial charge is 0.493 e. The Hall–Kier alpha value is -2.60. The lowest BCUT2D eigenvalue weighted by Crippen LogP contribution is -2.42. The number of aliphatic hydroxyl groups is 1. The standard InChI is InChI=1S/C23H28O6/c1-12-15(29-23(2,3)4)8-7-13-21(24)20-14-9-17(25-5)18(26-6)10-16(14)27-11-19(20)28-22(12)13/h7-10,19-21,24H,11H2,1-6H3/t19-,20+,21-/m1/s1. The molecule has 6 heteroatoms. The Labute approximate surface area is 171 Å². The third-order valence-electron chi connectivity index (χ3n) is 5.41. The van der Waals surface area contributed by atoms with Crippen LogP contribution >= 0.6 is 0 Å². The van der Waals surface area contributed by atoms with Crippen molar-refractivity contribution in [2.75, 3.05) is 20.8 Å². The predicted octanol–water partition coefficient (Wildman–Crippen LogP) is 4.16. The van der Waals surface area contributed by atoms with Crippen LogP contribution in [0.1, 0.15) is 49.5 Å². The molecule has 2 aromatic carbocycles. The number of hydrogen-bond acceptors (Lipinski definition) is 6. The molecule has 0 radical (unpaired) electrons. The first kappa shape index (κ1) is 19.7. The van der Waals surface area contributed by atoms with Gasteiger partial charge in [-0.05, 0) is 45.9 Å². The van der Waals surface area contributed by atoms with Crippen LogP contribution in [-0.2, 0) is 0 Å². The number of hydrogen-bond donors (Lipinski definition) is 1. The maximum atomic E-state index is 11.3. The summed E-state index contributed by atoms with van der Waals surface area (Å²) in [5, 5.41) is 11.3. The molecule has 2 aliphatic heterocycles. The maximum absolute atomic E-state index is 11.3. The predicted molar refractivity (Wildman–Crippen MR) is 109 cm³/mol. The molecule has 0 amide bonds. The Morgan fingerprint density at radius 3 is 2.34 bits per heavy atom. The van der Waals surface area contributed by atoms with Crippen LogP contribution < -0.4 is 23.7 Å². The molecule has 0 spiro atoms. The summed E-state index contributed by atoms with van der Waals surface area (Å²) >= 11 is 0. The van der Waals surface area contributed by atoms with Crippen molar-refractivity contribution >= 4 is 0 Å². The summed E-state index contributed by atoms with van der Waals surface area (Å²) in [7, 11) is 3.18. The molecule has 2 aliphatic rings. The van der Waals surface area contributed by atoms with E-state index < -0.39 is 6.10 Å². The second-order valence-electron chi connectivity index (χ2n) is 8.50. The average Bonchev–Trinajstić information content (AvgIpc) is 2.68. The molecule has 2 heterocycles. The van der Waals surface area contributed by atoms with Crippen LogP contribution in [0.25, 0.3) is 0 Å². The van der Waals surface area contributed by atoms with E-state index in [0.29, 0.717) is 29.6 Å². The number of ether oxygens (including phenoxy) is 5. The fourth-order valence-corrected chi connectivity index (χ4v) is 4.09. The van der Waals surface area contributed by atoms with Gasteiger partial charge in [-0.25, -0.2) is 0 Å². The van der Waals surface area contributed by atoms with Crippen molar-refractivity contribution in [3.8, 4) is 28.7 Å². The number of rotatable bonds is 3. The Bertz CT molecular complexity index is 930. The van der Waals surface area contributed by atoms with E-state index >= 15 is 0 Å². The van der Waals surface area contributed by atoms with Gasteiger partial charge >= 0.3 is 0 Å². The molecule has 6 nitrogen and oxygen atoms in total. The van der Waals surface area contributed by atoms with Gasteiger partial charge in [-0.1, -0.05) is 0 Å². The molecule has 156 valence electrons. The molecule has 0 aromatic heterocycles. The molecule has 0 saturated heterocycles. The lowest BCUT2D eigenvalue weighted by Gasteiger charge is -2.41. The van der Waals surface area contributed by atoms with Crippen molar-refractivity contribution in [2.45, 2.75) is 51.4 Å². The molecule has 3 atom stereocenters. The number of benzene rings is 2. The number of aliphatic hydroxyl groups excluding tert-OH is 1. The lowest BCUT2D eigenvalue weighted by molar-refractivity contribution is 0.000391. The van der Waals surface area contributed by atoms with E-state index in [0.717, 1.165) is 22.4 Å². The molecule has 1 N–H and O–H groups in total.